The van der Waals surface area contributed by atoms with E-state index in [2.05, 4.69) is 10.3 Å². The molecule has 1 heterocycles. The fraction of sp³-hybridized carbons (Fsp3) is 0.263. The van der Waals surface area contributed by atoms with Crippen LogP contribution in [0.1, 0.15) is 11.4 Å². The van der Waals surface area contributed by atoms with Gasteiger partial charge in [0.1, 0.15) is 12.4 Å². The Hall–Kier alpha value is -3.02. The molecule has 6 nitrogen and oxygen atoms in total. The maximum absolute atomic E-state index is 12.3. The van der Waals surface area contributed by atoms with Gasteiger partial charge in [-0.15, -0.1) is 0 Å². The predicted molar refractivity (Wildman–Crippen MR) is 95.9 cm³/mol. The van der Waals surface area contributed by atoms with Crippen LogP contribution in [0.15, 0.2) is 42.5 Å². The molecule has 0 aliphatic heterocycles. The second kappa shape index (κ2) is 7.25. The molecule has 3 aromatic rings. The van der Waals surface area contributed by atoms with E-state index in [9.17, 15) is 4.79 Å². The molecule has 0 bridgehead atoms. The molecule has 0 fully saturated rings. The van der Waals surface area contributed by atoms with Crippen LogP contribution in [-0.4, -0.2) is 29.7 Å². The molecule has 25 heavy (non-hydrogen) atoms. The molecule has 0 spiro atoms. The molecule has 0 aliphatic rings. The number of ether oxygens (including phenoxy) is 2. The zero-order valence-electron chi connectivity index (χ0n) is 14.6. The topological polar surface area (TPSA) is 65.4 Å². The summed E-state index contributed by atoms with van der Waals surface area (Å²) < 4.78 is 12.4. The van der Waals surface area contributed by atoms with Crippen molar-refractivity contribution in [2.75, 3.05) is 14.2 Å². The number of carbonyl (C=O) groups is 1. The lowest BCUT2D eigenvalue weighted by atomic mass is 10.2. The number of fused-ring (bicyclic) bond motifs is 1. The van der Waals surface area contributed by atoms with E-state index in [1.165, 1.54) is 0 Å². The van der Waals surface area contributed by atoms with Gasteiger partial charge in [-0.2, -0.15) is 0 Å². The quantitative estimate of drug-likeness (QED) is 0.750. The summed E-state index contributed by atoms with van der Waals surface area (Å²) in [6.07, 6.45) is 0. The van der Waals surface area contributed by atoms with Gasteiger partial charge in [-0.3, -0.25) is 4.79 Å². The number of amides is 1. The predicted octanol–water partition coefficient (Wildman–Crippen LogP) is 2.68. The number of aromatic nitrogens is 2. The summed E-state index contributed by atoms with van der Waals surface area (Å²) >= 11 is 0. The van der Waals surface area contributed by atoms with Crippen LogP contribution >= 0.6 is 0 Å². The first-order valence-corrected chi connectivity index (χ1v) is 8.02. The third-order valence-corrected chi connectivity index (χ3v) is 4.08. The molecule has 1 N–H and O–H groups in total. The second-order valence-corrected chi connectivity index (χ2v) is 5.70. The molecule has 0 saturated carbocycles. The van der Waals surface area contributed by atoms with E-state index < -0.39 is 0 Å². The van der Waals surface area contributed by atoms with Crippen molar-refractivity contribution >= 4 is 16.9 Å². The van der Waals surface area contributed by atoms with E-state index >= 15 is 0 Å². The molecule has 0 unspecified atom stereocenters. The largest absolute Gasteiger partial charge is 0.493 e. The SMILES string of the molecule is COc1ccc(CNC(=O)Cn2c(C)nc3ccccc32)cc1OC. The van der Waals surface area contributed by atoms with Gasteiger partial charge in [-0.1, -0.05) is 18.2 Å². The number of hydrogen-bond acceptors (Lipinski definition) is 4. The van der Waals surface area contributed by atoms with Crippen LogP contribution in [0.4, 0.5) is 0 Å². The van der Waals surface area contributed by atoms with Crippen LogP contribution in [0.2, 0.25) is 0 Å². The van der Waals surface area contributed by atoms with Crippen molar-refractivity contribution in [3.8, 4) is 11.5 Å². The summed E-state index contributed by atoms with van der Waals surface area (Å²) in [7, 11) is 3.18. The Labute approximate surface area is 146 Å². The minimum absolute atomic E-state index is 0.0685. The molecular weight excluding hydrogens is 318 g/mol. The summed E-state index contributed by atoms with van der Waals surface area (Å²) in [5.41, 5.74) is 2.80. The highest BCUT2D eigenvalue weighted by Crippen LogP contribution is 2.27. The maximum atomic E-state index is 12.3. The van der Waals surface area contributed by atoms with Crippen LogP contribution < -0.4 is 14.8 Å². The number of para-hydroxylation sites is 2. The van der Waals surface area contributed by atoms with E-state index in [-0.39, 0.29) is 12.5 Å². The van der Waals surface area contributed by atoms with Crippen molar-refractivity contribution < 1.29 is 14.3 Å². The van der Waals surface area contributed by atoms with E-state index in [0.717, 1.165) is 22.4 Å². The van der Waals surface area contributed by atoms with Gasteiger partial charge < -0.3 is 19.4 Å². The van der Waals surface area contributed by atoms with E-state index in [0.29, 0.717) is 18.0 Å². The maximum Gasteiger partial charge on any atom is 0.240 e. The van der Waals surface area contributed by atoms with Crippen LogP contribution in [0.3, 0.4) is 0 Å². The highest BCUT2D eigenvalue weighted by molar-refractivity contribution is 5.81. The lowest BCUT2D eigenvalue weighted by Crippen LogP contribution is -2.27. The van der Waals surface area contributed by atoms with Gasteiger partial charge in [0, 0.05) is 6.54 Å². The summed E-state index contributed by atoms with van der Waals surface area (Å²) in [6.45, 7) is 2.56. The van der Waals surface area contributed by atoms with Crippen LogP contribution in [0.5, 0.6) is 11.5 Å². The summed E-state index contributed by atoms with van der Waals surface area (Å²) in [4.78, 5) is 16.8. The minimum Gasteiger partial charge on any atom is -0.493 e. The summed E-state index contributed by atoms with van der Waals surface area (Å²) in [5, 5.41) is 2.93. The van der Waals surface area contributed by atoms with E-state index in [4.69, 9.17) is 9.47 Å². The molecule has 1 aromatic heterocycles. The number of carbonyl (C=O) groups excluding carboxylic acids is 1. The Morgan fingerprint density at radius 3 is 2.64 bits per heavy atom. The zero-order chi connectivity index (χ0) is 17.8. The second-order valence-electron chi connectivity index (χ2n) is 5.70. The molecule has 6 heteroatoms. The molecule has 3 rings (SSSR count). The van der Waals surface area contributed by atoms with Crippen LogP contribution in [-0.2, 0) is 17.9 Å². The minimum atomic E-state index is -0.0685. The summed E-state index contributed by atoms with van der Waals surface area (Å²) in [6, 6.07) is 13.4. The average Bonchev–Trinajstić information content (AvgIpc) is 2.95. The van der Waals surface area contributed by atoms with Gasteiger partial charge in [-0.05, 0) is 36.8 Å². The van der Waals surface area contributed by atoms with Crippen molar-refractivity contribution in [1.29, 1.82) is 0 Å². The number of nitrogens with zero attached hydrogens (tertiary/aromatic N) is 2. The van der Waals surface area contributed by atoms with Crippen molar-refractivity contribution in [3.63, 3.8) is 0 Å². The Morgan fingerprint density at radius 2 is 1.88 bits per heavy atom. The van der Waals surface area contributed by atoms with Crippen molar-refractivity contribution in [3.05, 3.63) is 53.9 Å². The number of methoxy groups -OCH3 is 2. The third kappa shape index (κ3) is 3.57. The van der Waals surface area contributed by atoms with Gasteiger partial charge in [0.05, 0.1) is 25.3 Å². The number of aryl methyl sites for hydroxylation is 1. The van der Waals surface area contributed by atoms with E-state index in [1.807, 2.05) is 54.0 Å². The Balaban J connectivity index is 1.68. The third-order valence-electron chi connectivity index (χ3n) is 4.08. The number of rotatable bonds is 6. The molecule has 0 atom stereocenters. The highest BCUT2D eigenvalue weighted by atomic mass is 16.5. The fourth-order valence-electron chi connectivity index (χ4n) is 2.79. The van der Waals surface area contributed by atoms with Gasteiger partial charge in [0.25, 0.3) is 0 Å². The van der Waals surface area contributed by atoms with Crippen molar-refractivity contribution in [1.82, 2.24) is 14.9 Å². The van der Waals surface area contributed by atoms with E-state index in [1.54, 1.807) is 14.2 Å². The number of nitrogens with one attached hydrogen (secondary N) is 1. The normalized spacial score (nSPS) is 10.7. The fourth-order valence-corrected chi connectivity index (χ4v) is 2.79. The Bertz CT molecular complexity index is 902. The molecule has 0 radical (unpaired) electrons. The zero-order valence-corrected chi connectivity index (χ0v) is 14.6. The standard InChI is InChI=1S/C19H21N3O3/c1-13-21-15-6-4-5-7-16(15)22(13)12-19(23)20-11-14-8-9-17(24-2)18(10-14)25-3/h4-10H,11-12H2,1-3H3,(H,20,23). The first-order valence-electron chi connectivity index (χ1n) is 8.02. The molecule has 1 amide bonds. The average molecular weight is 339 g/mol. The first-order chi connectivity index (χ1) is 12.1. The van der Waals surface area contributed by atoms with Crippen molar-refractivity contribution in [2.24, 2.45) is 0 Å². The van der Waals surface area contributed by atoms with Gasteiger partial charge in [0.15, 0.2) is 11.5 Å². The smallest absolute Gasteiger partial charge is 0.240 e. The highest BCUT2D eigenvalue weighted by Gasteiger charge is 2.11. The lowest BCUT2D eigenvalue weighted by Gasteiger charge is -2.11. The monoisotopic (exact) mass is 339 g/mol. The Kier molecular flexibility index (Phi) is 4.88. The van der Waals surface area contributed by atoms with Crippen LogP contribution in [0.25, 0.3) is 11.0 Å². The number of imidazole rings is 1. The van der Waals surface area contributed by atoms with Gasteiger partial charge in [-0.25, -0.2) is 4.98 Å². The van der Waals surface area contributed by atoms with Crippen LogP contribution in [0, 0.1) is 6.92 Å². The molecule has 0 saturated heterocycles. The molecule has 130 valence electrons. The lowest BCUT2D eigenvalue weighted by molar-refractivity contribution is -0.121. The summed E-state index contributed by atoms with van der Waals surface area (Å²) in [5.74, 6) is 2.06. The van der Waals surface area contributed by atoms with Gasteiger partial charge in [0.2, 0.25) is 5.91 Å². The molecular formula is C19H21N3O3. The van der Waals surface area contributed by atoms with Gasteiger partial charge >= 0.3 is 0 Å². The first kappa shape index (κ1) is 16.8. The molecule has 0 aliphatic carbocycles. The number of benzene rings is 2. The Morgan fingerprint density at radius 1 is 1.12 bits per heavy atom. The van der Waals surface area contributed by atoms with Crippen molar-refractivity contribution in [2.45, 2.75) is 20.0 Å². The number of hydrogen-bond donors (Lipinski definition) is 1. The molecule has 2 aromatic carbocycles.